The summed E-state index contributed by atoms with van der Waals surface area (Å²) in [6, 6.07) is 32.1. The molecule has 0 heterocycles. The molecule has 130 valence electrons. The molecule has 25 heavy (non-hydrogen) atoms. The molecule has 0 aliphatic carbocycles. The molecular weight excluding hydrogens is 343 g/mol. The fraction of sp³-hybridized carbons (Fsp3) is 0.217. The normalized spacial score (nSPS) is 13.8. The van der Waals surface area contributed by atoms with Gasteiger partial charge in [0.25, 0.3) is 0 Å². The summed E-state index contributed by atoms with van der Waals surface area (Å²) in [6.45, 7) is 6.85. The Morgan fingerprint density at radius 2 is 0.880 bits per heavy atom. The number of hydrogen-bond donors (Lipinski definition) is 0. The summed E-state index contributed by atoms with van der Waals surface area (Å²) in [5.41, 5.74) is 0.0844. The van der Waals surface area contributed by atoms with Crippen LogP contribution in [0.3, 0.4) is 0 Å². The van der Waals surface area contributed by atoms with Gasteiger partial charge in [-0.3, -0.25) is 0 Å². The Balaban J connectivity index is 2.45. The first kappa shape index (κ1) is 18.2. The van der Waals surface area contributed by atoms with Crippen molar-refractivity contribution in [3.8, 4) is 0 Å². The van der Waals surface area contributed by atoms with Crippen molar-refractivity contribution in [3.05, 3.63) is 91.0 Å². The second kappa shape index (κ2) is 6.60. The van der Waals surface area contributed by atoms with Crippen molar-refractivity contribution < 1.29 is 0 Å². The predicted octanol–water partition coefficient (Wildman–Crippen LogP) is 5.72. The maximum atomic E-state index is 7.99. The molecule has 0 spiro atoms. The third-order valence-corrected chi connectivity index (χ3v) is 12.4. The number of rotatable bonds is 4. The van der Waals surface area contributed by atoms with Crippen molar-refractivity contribution in [2.45, 2.75) is 20.8 Å². The van der Waals surface area contributed by atoms with Crippen LogP contribution in [0.4, 0.5) is 0 Å². The molecular formula is C23H26ClP. The van der Waals surface area contributed by atoms with E-state index in [4.69, 9.17) is 11.2 Å². The van der Waals surface area contributed by atoms with Crippen molar-refractivity contribution >= 4 is 33.1 Å². The van der Waals surface area contributed by atoms with Gasteiger partial charge in [-0.25, -0.2) is 0 Å². The first-order chi connectivity index (χ1) is 11.8. The molecule has 0 radical (unpaired) electrons. The van der Waals surface area contributed by atoms with E-state index in [0.717, 1.165) is 6.16 Å². The molecule has 0 aliphatic rings. The van der Waals surface area contributed by atoms with E-state index in [9.17, 15) is 0 Å². The molecule has 0 N–H and O–H groups in total. The van der Waals surface area contributed by atoms with Crippen molar-refractivity contribution in [1.29, 1.82) is 0 Å². The van der Waals surface area contributed by atoms with E-state index in [1.807, 2.05) is 0 Å². The summed E-state index contributed by atoms with van der Waals surface area (Å²) >= 11 is 7.99. The van der Waals surface area contributed by atoms with E-state index in [0.29, 0.717) is 0 Å². The maximum absolute atomic E-state index is 7.99. The molecule has 3 rings (SSSR count). The van der Waals surface area contributed by atoms with E-state index in [1.165, 1.54) is 15.9 Å². The Hall–Kier alpha value is -1.62. The summed E-state index contributed by atoms with van der Waals surface area (Å²) in [6.07, 6.45) is 0.915. The van der Waals surface area contributed by atoms with E-state index in [1.54, 1.807) is 0 Å². The van der Waals surface area contributed by atoms with E-state index >= 15 is 0 Å². The Bertz CT molecular complexity index is 721. The van der Waals surface area contributed by atoms with Crippen LogP contribution in [0.25, 0.3) is 0 Å². The summed E-state index contributed by atoms with van der Waals surface area (Å²) in [5.74, 6) is -3.10. The minimum atomic E-state index is -3.10. The van der Waals surface area contributed by atoms with Gasteiger partial charge in [-0.15, -0.1) is 0 Å². The van der Waals surface area contributed by atoms with Gasteiger partial charge in [-0.05, 0) is 0 Å². The second-order valence-corrected chi connectivity index (χ2v) is 14.4. The van der Waals surface area contributed by atoms with Crippen molar-refractivity contribution in [2.24, 2.45) is 5.41 Å². The molecule has 0 bridgehead atoms. The molecule has 3 aromatic rings. The van der Waals surface area contributed by atoms with Crippen molar-refractivity contribution in [1.82, 2.24) is 0 Å². The summed E-state index contributed by atoms with van der Waals surface area (Å²) < 4.78 is 0. The van der Waals surface area contributed by atoms with Crippen LogP contribution in [-0.4, -0.2) is 6.16 Å². The van der Waals surface area contributed by atoms with Gasteiger partial charge >= 0.3 is 156 Å². The van der Waals surface area contributed by atoms with Gasteiger partial charge < -0.3 is 0 Å². The average molecular weight is 369 g/mol. The standard InChI is InChI=1S/C23H26ClP/c1-23(2,3)19-25(24,20-13-7-4-8-14-20,21-15-9-5-10-16-21)22-17-11-6-12-18-22/h4-18H,19H2,1-3H3. The summed E-state index contributed by atoms with van der Waals surface area (Å²) in [5, 5.41) is 3.72. The van der Waals surface area contributed by atoms with E-state index in [-0.39, 0.29) is 5.41 Å². The zero-order valence-electron chi connectivity index (χ0n) is 15.2. The molecule has 0 nitrogen and oxygen atoms in total. The van der Waals surface area contributed by atoms with Crippen LogP contribution >= 0.6 is 17.2 Å². The Morgan fingerprint density at radius 3 is 1.12 bits per heavy atom. The number of hydrogen-bond acceptors (Lipinski definition) is 0. The predicted molar refractivity (Wildman–Crippen MR) is 115 cm³/mol. The minimum absolute atomic E-state index is 0.0844. The first-order valence-electron chi connectivity index (χ1n) is 8.74. The van der Waals surface area contributed by atoms with Crippen LogP contribution in [0.1, 0.15) is 20.8 Å². The molecule has 0 aromatic heterocycles. The fourth-order valence-corrected chi connectivity index (χ4v) is 11.5. The molecule has 0 amide bonds. The second-order valence-electron chi connectivity index (χ2n) is 7.91. The molecule has 0 fully saturated rings. The molecule has 0 unspecified atom stereocenters. The van der Waals surface area contributed by atoms with Gasteiger partial charge in [0.1, 0.15) is 0 Å². The monoisotopic (exact) mass is 368 g/mol. The third-order valence-electron chi connectivity index (χ3n) is 4.65. The average Bonchev–Trinajstić information content (AvgIpc) is 2.63. The Kier molecular flexibility index (Phi) is 4.80. The molecule has 0 aliphatic heterocycles. The van der Waals surface area contributed by atoms with Crippen molar-refractivity contribution in [3.63, 3.8) is 0 Å². The molecule has 3 aromatic carbocycles. The van der Waals surface area contributed by atoms with Gasteiger partial charge in [0, 0.05) is 0 Å². The van der Waals surface area contributed by atoms with Crippen LogP contribution in [0, 0.1) is 5.41 Å². The zero-order valence-corrected chi connectivity index (χ0v) is 16.8. The van der Waals surface area contributed by atoms with Crippen LogP contribution in [0.5, 0.6) is 0 Å². The van der Waals surface area contributed by atoms with Crippen LogP contribution in [0.15, 0.2) is 91.0 Å². The van der Waals surface area contributed by atoms with E-state index < -0.39 is 5.96 Å². The van der Waals surface area contributed by atoms with Gasteiger partial charge in [-0.2, -0.15) is 0 Å². The van der Waals surface area contributed by atoms with E-state index in [2.05, 4.69) is 112 Å². The topological polar surface area (TPSA) is 0 Å². The molecule has 2 heteroatoms. The molecule has 0 atom stereocenters. The summed E-state index contributed by atoms with van der Waals surface area (Å²) in [4.78, 5) is 0. The summed E-state index contributed by atoms with van der Waals surface area (Å²) in [7, 11) is 0. The molecule has 0 saturated carbocycles. The Labute approximate surface area is 156 Å². The number of benzene rings is 3. The van der Waals surface area contributed by atoms with Crippen molar-refractivity contribution in [2.75, 3.05) is 6.16 Å². The van der Waals surface area contributed by atoms with Gasteiger partial charge in [0.15, 0.2) is 0 Å². The quantitative estimate of drug-likeness (QED) is 0.517. The first-order valence-corrected chi connectivity index (χ1v) is 12.1. The van der Waals surface area contributed by atoms with Gasteiger partial charge in [-0.1, -0.05) is 0 Å². The third kappa shape index (κ3) is 3.26. The molecule has 0 saturated heterocycles. The van der Waals surface area contributed by atoms with Crippen LogP contribution < -0.4 is 15.9 Å². The number of halogens is 1. The SMILES string of the molecule is CC(C)(C)CP(Cl)(c1ccccc1)(c1ccccc1)c1ccccc1. The van der Waals surface area contributed by atoms with Crippen LogP contribution in [0.2, 0.25) is 0 Å². The van der Waals surface area contributed by atoms with Gasteiger partial charge in [0.05, 0.1) is 0 Å². The Morgan fingerprint density at radius 1 is 0.600 bits per heavy atom. The fourth-order valence-electron chi connectivity index (χ4n) is 3.83. The zero-order chi connectivity index (χ0) is 18.0. The van der Waals surface area contributed by atoms with Crippen LogP contribution in [-0.2, 0) is 0 Å². The van der Waals surface area contributed by atoms with Gasteiger partial charge in [0.2, 0.25) is 0 Å².